The molecule has 1 rings (SSSR count). The van der Waals surface area contributed by atoms with Crippen LogP contribution in [0.4, 0.5) is 0 Å². The van der Waals surface area contributed by atoms with E-state index in [-0.39, 0.29) is 7.43 Å². The molecule has 0 aromatic heterocycles. The van der Waals surface area contributed by atoms with Crippen LogP contribution < -0.4 is 0 Å². The molecule has 0 aromatic carbocycles. The molecule has 0 bridgehead atoms. The van der Waals surface area contributed by atoms with Crippen LogP contribution in [0.25, 0.3) is 0 Å². The lowest BCUT2D eigenvalue weighted by atomic mass is 10.0. The number of hydrogen-bond donors (Lipinski definition) is 0. The predicted molar refractivity (Wildman–Crippen MR) is 78.5 cm³/mol. The van der Waals surface area contributed by atoms with Gasteiger partial charge in [0.1, 0.15) is 0 Å². The maximum Gasteiger partial charge on any atom is 0.0117 e. The average Bonchev–Trinajstić information content (AvgIpc) is 2.16. The minimum Gasteiger partial charge on any atom is -0.303 e. The van der Waals surface area contributed by atoms with E-state index in [0.29, 0.717) is 0 Å². The Bertz CT molecular complexity index is 181. The van der Waals surface area contributed by atoms with Crippen molar-refractivity contribution in [3.63, 3.8) is 0 Å². The highest BCUT2D eigenvalue weighted by molar-refractivity contribution is 4.79. The van der Waals surface area contributed by atoms with Gasteiger partial charge in [0.2, 0.25) is 0 Å². The average molecular weight is 242 g/mol. The Morgan fingerprint density at radius 3 is 2.00 bits per heavy atom. The third kappa shape index (κ3) is 6.42. The van der Waals surface area contributed by atoms with E-state index >= 15 is 0 Å². The second kappa shape index (κ2) is 8.10. The summed E-state index contributed by atoms with van der Waals surface area (Å²) in [5, 5.41) is 0. The van der Waals surface area contributed by atoms with Crippen LogP contribution in [0.1, 0.15) is 48.0 Å². The fraction of sp³-hybridized carbons (Fsp3) is 1.00. The molecule has 2 nitrogen and oxygen atoms in total. The molecule has 1 saturated heterocycles. The Morgan fingerprint density at radius 2 is 1.59 bits per heavy atom. The fourth-order valence-corrected chi connectivity index (χ4v) is 2.78. The second-order valence-electron chi connectivity index (χ2n) is 6.26. The normalized spacial score (nSPS) is 19.1. The van der Waals surface area contributed by atoms with E-state index < -0.39 is 0 Å². The molecular weight excluding hydrogens is 208 g/mol. The second-order valence-corrected chi connectivity index (χ2v) is 6.26. The van der Waals surface area contributed by atoms with Crippen molar-refractivity contribution in [3.05, 3.63) is 0 Å². The van der Waals surface area contributed by atoms with Crippen molar-refractivity contribution >= 4 is 0 Å². The van der Waals surface area contributed by atoms with Gasteiger partial charge >= 0.3 is 0 Å². The zero-order valence-corrected chi connectivity index (χ0v) is 11.9. The van der Waals surface area contributed by atoms with Gasteiger partial charge < -0.3 is 9.80 Å². The first kappa shape index (κ1) is 16.9. The molecule has 104 valence electrons. The van der Waals surface area contributed by atoms with E-state index in [4.69, 9.17) is 0 Å². The largest absolute Gasteiger partial charge is 0.303 e. The Labute approximate surface area is 109 Å². The molecular formula is C15H34N2. The van der Waals surface area contributed by atoms with Crippen LogP contribution in [0.3, 0.4) is 0 Å². The third-order valence-corrected chi connectivity index (χ3v) is 3.46. The highest BCUT2D eigenvalue weighted by Crippen LogP contribution is 2.17. The van der Waals surface area contributed by atoms with Crippen LogP contribution in [0, 0.1) is 11.8 Å². The SMILES string of the molecule is C.CC(C)CN1CCC(N(C)CC(C)C)CC1. The molecule has 1 aliphatic rings. The third-order valence-electron chi connectivity index (χ3n) is 3.46. The van der Waals surface area contributed by atoms with Crippen LogP contribution >= 0.6 is 0 Å². The first-order valence-corrected chi connectivity index (χ1v) is 6.91. The zero-order chi connectivity index (χ0) is 12.1. The number of nitrogens with zero attached hydrogens (tertiary/aromatic N) is 2. The summed E-state index contributed by atoms with van der Waals surface area (Å²) < 4.78 is 0. The minimum atomic E-state index is 0. The Kier molecular flexibility index (Phi) is 8.06. The Balaban J connectivity index is 0.00000256. The molecule has 0 amide bonds. The van der Waals surface area contributed by atoms with Crippen molar-refractivity contribution in [3.8, 4) is 0 Å². The van der Waals surface area contributed by atoms with Gasteiger partial charge in [-0.3, -0.25) is 0 Å². The summed E-state index contributed by atoms with van der Waals surface area (Å²) in [5.74, 6) is 1.60. The van der Waals surface area contributed by atoms with Gasteiger partial charge in [-0.2, -0.15) is 0 Å². The number of hydrogen-bond acceptors (Lipinski definition) is 2. The highest BCUT2D eigenvalue weighted by atomic mass is 15.2. The molecule has 1 aliphatic heterocycles. The summed E-state index contributed by atoms with van der Waals surface area (Å²) in [5.41, 5.74) is 0. The lowest BCUT2D eigenvalue weighted by Gasteiger charge is -2.38. The predicted octanol–water partition coefficient (Wildman–Crippen LogP) is 3.33. The maximum absolute atomic E-state index is 2.63. The van der Waals surface area contributed by atoms with Crippen LogP contribution in [0.2, 0.25) is 0 Å². The van der Waals surface area contributed by atoms with Crippen molar-refractivity contribution < 1.29 is 0 Å². The van der Waals surface area contributed by atoms with Crippen LogP contribution in [0.5, 0.6) is 0 Å². The van der Waals surface area contributed by atoms with Gasteiger partial charge in [-0.05, 0) is 44.8 Å². The molecule has 17 heavy (non-hydrogen) atoms. The van der Waals surface area contributed by atoms with Gasteiger partial charge in [0.25, 0.3) is 0 Å². The van der Waals surface area contributed by atoms with Crippen molar-refractivity contribution in [2.24, 2.45) is 11.8 Å². The molecule has 0 unspecified atom stereocenters. The van der Waals surface area contributed by atoms with Crippen molar-refractivity contribution in [2.45, 2.75) is 54.0 Å². The molecule has 1 fully saturated rings. The zero-order valence-electron chi connectivity index (χ0n) is 11.9. The molecule has 0 atom stereocenters. The Morgan fingerprint density at radius 1 is 1.06 bits per heavy atom. The fourth-order valence-electron chi connectivity index (χ4n) is 2.78. The molecule has 0 N–H and O–H groups in total. The van der Waals surface area contributed by atoms with E-state index in [9.17, 15) is 0 Å². The summed E-state index contributed by atoms with van der Waals surface area (Å²) in [6.07, 6.45) is 2.71. The number of likely N-dealkylation sites (tertiary alicyclic amines) is 1. The minimum absolute atomic E-state index is 0. The van der Waals surface area contributed by atoms with Crippen molar-refractivity contribution in [1.82, 2.24) is 9.80 Å². The molecule has 2 heteroatoms. The Hall–Kier alpha value is -0.0800. The molecule has 1 heterocycles. The molecule has 0 spiro atoms. The maximum atomic E-state index is 2.63. The summed E-state index contributed by atoms with van der Waals surface area (Å²) in [6.45, 7) is 14.4. The summed E-state index contributed by atoms with van der Waals surface area (Å²) in [6, 6.07) is 0.825. The van der Waals surface area contributed by atoms with E-state index in [1.165, 1.54) is 39.0 Å². The first-order valence-electron chi connectivity index (χ1n) is 6.91. The van der Waals surface area contributed by atoms with Gasteiger partial charge in [-0.25, -0.2) is 0 Å². The lowest BCUT2D eigenvalue weighted by Crippen LogP contribution is -2.45. The smallest absolute Gasteiger partial charge is 0.0117 e. The first-order chi connectivity index (χ1) is 7.49. The van der Waals surface area contributed by atoms with Gasteiger partial charge in [0.15, 0.2) is 0 Å². The number of rotatable bonds is 5. The standard InChI is InChI=1S/C14H30N2.CH4/c1-12(2)10-15(5)14-6-8-16(9-7-14)11-13(3)4;/h12-14H,6-11H2,1-5H3;1H4. The van der Waals surface area contributed by atoms with E-state index in [2.05, 4.69) is 44.5 Å². The summed E-state index contributed by atoms with van der Waals surface area (Å²) in [7, 11) is 2.29. The van der Waals surface area contributed by atoms with E-state index in [1.807, 2.05) is 0 Å². The van der Waals surface area contributed by atoms with Crippen molar-refractivity contribution in [2.75, 3.05) is 33.2 Å². The number of piperidine rings is 1. The van der Waals surface area contributed by atoms with Gasteiger partial charge in [-0.1, -0.05) is 35.1 Å². The molecule has 0 aromatic rings. The summed E-state index contributed by atoms with van der Waals surface area (Å²) in [4.78, 5) is 5.20. The van der Waals surface area contributed by atoms with Crippen LogP contribution in [-0.2, 0) is 0 Å². The molecule has 0 aliphatic carbocycles. The topological polar surface area (TPSA) is 6.48 Å². The summed E-state index contributed by atoms with van der Waals surface area (Å²) >= 11 is 0. The van der Waals surface area contributed by atoms with E-state index in [0.717, 1.165) is 17.9 Å². The highest BCUT2D eigenvalue weighted by Gasteiger charge is 2.22. The monoisotopic (exact) mass is 242 g/mol. The molecule has 0 saturated carbocycles. The van der Waals surface area contributed by atoms with Crippen LogP contribution in [-0.4, -0.2) is 49.1 Å². The van der Waals surface area contributed by atoms with Crippen LogP contribution in [0.15, 0.2) is 0 Å². The van der Waals surface area contributed by atoms with E-state index in [1.54, 1.807) is 0 Å². The molecule has 0 radical (unpaired) electrons. The van der Waals surface area contributed by atoms with Crippen molar-refractivity contribution in [1.29, 1.82) is 0 Å². The van der Waals surface area contributed by atoms with Gasteiger partial charge in [0, 0.05) is 19.1 Å². The van der Waals surface area contributed by atoms with Gasteiger partial charge in [0.05, 0.1) is 0 Å². The lowest BCUT2D eigenvalue weighted by molar-refractivity contribution is 0.112. The van der Waals surface area contributed by atoms with Gasteiger partial charge in [-0.15, -0.1) is 0 Å². The quantitative estimate of drug-likeness (QED) is 0.729.